The first kappa shape index (κ1) is 13.4. The molecule has 0 atom stereocenters. The van der Waals surface area contributed by atoms with E-state index in [9.17, 15) is 4.79 Å². The van der Waals surface area contributed by atoms with Crippen LogP contribution < -0.4 is 5.32 Å². The van der Waals surface area contributed by atoms with Crippen LogP contribution in [0, 0.1) is 0 Å². The molecule has 0 saturated carbocycles. The number of hydrogen-bond acceptors (Lipinski definition) is 3. The second kappa shape index (κ2) is 6.25. The van der Waals surface area contributed by atoms with Gasteiger partial charge in [-0.25, -0.2) is 0 Å². The lowest BCUT2D eigenvalue weighted by Crippen LogP contribution is -2.31. The molecule has 0 aliphatic carbocycles. The third-order valence-electron chi connectivity index (χ3n) is 3.14. The van der Waals surface area contributed by atoms with Crippen molar-refractivity contribution < 1.29 is 4.79 Å². The summed E-state index contributed by atoms with van der Waals surface area (Å²) in [6, 6.07) is 8.12. The Bertz CT molecular complexity index is 397. The molecule has 1 N–H and O–H groups in total. The van der Waals surface area contributed by atoms with Gasteiger partial charge in [0.15, 0.2) is 0 Å². The first-order valence-corrected chi connectivity index (χ1v) is 7.24. The average molecular weight is 264 g/mol. The first-order valence-electron chi connectivity index (χ1n) is 6.36. The predicted octanol–water partition coefficient (Wildman–Crippen LogP) is 2.83. The van der Waals surface area contributed by atoms with Gasteiger partial charge in [-0.05, 0) is 57.2 Å². The Morgan fingerprint density at radius 1 is 1.28 bits per heavy atom. The number of benzene rings is 1. The van der Waals surface area contributed by atoms with Gasteiger partial charge < -0.3 is 10.2 Å². The molecule has 0 bridgehead atoms. The van der Waals surface area contributed by atoms with Gasteiger partial charge in [0.05, 0.1) is 0 Å². The Morgan fingerprint density at radius 2 is 1.89 bits per heavy atom. The maximum absolute atomic E-state index is 10.9. The van der Waals surface area contributed by atoms with Crippen molar-refractivity contribution in [3.8, 4) is 0 Å². The van der Waals surface area contributed by atoms with E-state index < -0.39 is 0 Å². The summed E-state index contributed by atoms with van der Waals surface area (Å²) >= 11 is 1.95. The number of nitrogens with zero attached hydrogens (tertiary/aromatic N) is 1. The Balaban J connectivity index is 1.88. The fraction of sp³-hybridized carbons (Fsp3) is 0.500. The largest absolute Gasteiger partial charge is 0.326 e. The average Bonchev–Trinajstić information content (AvgIpc) is 2.34. The van der Waals surface area contributed by atoms with Crippen LogP contribution in [0.2, 0.25) is 0 Å². The van der Waals surface area contributed by atoms with Crippen LogP contribution in [0.5, 0.6) is 0 Å². The van der Waals surface area contributed by atoms with Crippen LogP contribution in [0.1, 0.15) is 19.8 Å². The van der Waals surface area contributed by atoms with Crippen molar-refractivity contribution in [3.05, 3.63) is 24.3 Å². The molecule has 0 unspecified atom stereocenters. The fourth-order valence-corrected chi connectivity index (χ4v) is 3.24. The van der Waals surface area contributed by atoms with Crippen molar-refractivity contribution in [2.24, 2.45) is 0 Å². The molecule has 18 heavy (non-hydrogen) atoms. The number of carbonyl (C=O) groups excluding carboxylic acids is 1. The highest BCUT2D eigenvalue weighted by molar-refractivity contribution is 8.00. The van der Waals surface area contributed by atoms with Gasteiger partial charge in [0.1, 0.15) is 0 Å². The minimum atomic E-state index is -0.0225. The van der Waals surface area contributed by atoms with Crippen molar-refractivity contribution in [1.82, 2.24) is 4.90 Å². The van der Waals surface area contributed by atoms with E-state index in [1.807, 2.05) is 23.9 Å². The van der Waals surface area contributed by atoms with E-state index in [1.165, 1.54) is 37.8 Å². The fourth-order valence-electron chi connectivity index (χ4n) is 2.12. The number of rotatable bonds is 3. The molecule has 4 heteroatoms. The number of thioether (sulfide) groups is 1. The van der Waals surface area contributed by atoms with Gasteiger partial charge in [-0.3, -0.25) is 4.79 Å². The SMILES string of the molecule is CC(=O)Nc1ccc(SC2CCN(C)CC2)cc1. The van der Waals surface area contributed by atoms with E-state index in [2.05, 4.69) is 29.4 Å². The number of carbonyl (C=O) groups is 1. The van der Waals surface area contributed by atoms with Crippen LogP contribution in [0.25, 0.3) is 0 Å². The minimum Gasteiger partial charge on any atom is -0.326 e. The second-order valence-electron chi connectivity index (χ2n) is 4.83. The molecule has 1 heterocycles. The van der Waals surface area contributed by atoms with Crippen LogP contribution in [-0.2, 0) is 4.79 Å². The van der Waals surface area contributed by atoms with Crippen LogP contribution in [0.3, 0.4) is 0 Å². The normalized spacial score (nSPS) is 17.7. The molecule has 1 fully saturated rings. The highest BCUT2D eigenvalue weighted by atomic mass is 32.2. The highest BCUT2D eigenvalue weighted by Gasteiger charge is 2.17. The topological polar surface area (TPSA) is 32.3 Å². The van der Waals surface area contributed by atoms with Crippen molar-refractivity contribution in [1.29, 1.82) is 0 Å². The highest BCUT2D eigenvalue weighted by Crippen LogP contribution is 2.30. The molecule has 1 aromatic rings. The maximum atomic E-state index is 10.9. The number of likely N-dealkylation sites (tertiary alicyclic amines) is 1. The zero-order valence-corrected chi connectivity index (χ0v) is 11.8. The van der Waals surface area contributed by atoms with Gasteiger partial charge in [-0.15, -0.1) is 11.8 Å². The van der Waals surface area contributed by atoms with Crippen molar-refractivity contribution in [2.75, 3.05) is 25.5 Å². The third kappa shape index (κ3) is 4.03. The van der Waals surface area contributed by atoms with Gasteiger partial charge in [0.25, 0.3) is 0 Å². The first-order chi connectivity index (χ1) is 8.63. The van der Waals surface area contributed by atoms with Crippen LogP contribution >= 0.6 is 11.8 Å². The zero-order valence-electron chi connectivity index (χ0n) is 11.0. The molecule has 1 aliphatic heterocycles. The Morgan fingerprint density at radius 3 is 2.44 bits per heavy atom. The van der Waals surface area contributed by atoms with E-state index >= 15 is 0 Å². The Labute approximate surface area is 113 Å². The van der Waals surface area contributed by atoms with Crippen molar-refractivity contribution >= 4 is 23.4 Å². The monoisotopic (exact) mass is 264 g/mol. The number of piperidine rings is 1. The molecule has 0 spiro atoms. The van der Waals surface area contributed by atoms with Gasteiger partial charge >= 0.3 is 0 Å². The predicted molar refractivity (Wildman–Crippen MR) is 77.1 cm³/mol. The van der Waals surface area contributed by atoms with Gasteiger partial charge in [-0.2, -0.15) is 0 Å². The number of amides is 1. The number of nitrogens with one attached hydrogen (secondary N) is 1. The summed E-state index contributed by atoms with van der Waals surface area (Å²) in [5, 5.41) is 3.52. The maximum Gasteiger partial charge on any atom is 0.221 e. The molecule has 3 nitrogen and oxygen atoms in total. The summed E-state index contributed by atoms with van der Waals surface area (Å²) in [6.45, 7) is 3.92. The van der Waals surface area contributed by atoms with Gasteiger partial charge in [0.2, 0.25) is 5.91 Å². The lowest BCUT2D eigenvalue weighted by molar-refractivity contribution is -0.114. The quantitative estimate of drug-likeness (QED) is 0.911. The summed E-state index contributed by atoms with van der Waals surface area (Å²) in [6.07, 6.45) is 2.52. The van der Waals surface area contributed by atoms with Crippen molar-refractivity contribution in [2.45, 2.75) is 29.9 Å². The Hall–Kier alpha value is -1.00. The van der Waals surface area contributed by atoms with E-state index in [4.69, 9.17) is 0 Å². The molecule has 2 rings (SSSR count). The van der Waals surface area contributed by atoms with Crippen LogP contribution in [0.4, 0.5) is 5.69 Å². The van der Waals surface area contributed by atoms with Gasteiger partial charge in [-0.1, -0.05) is 0 Å². The smallest absolute Gasteiger partial charge is 0.221 e. The Kier molecular flexibility index (Phi) is 4.66. The molecule has 0 radical (unpaired) electrons. The lowest BCUT2D eigenvalue weighted by Gasteiger charge is -2.28. The molecule has 0 aromatic heterocycles. The summed E-state index contributed by atoms with van der Waals surface area (Å²) in [5.41, 5.74) is 0.871. The lowest BCUT2D eigenvalue weighted by atomic mass is 10.1. The molecule has 1 aliphatic rings. The third-order valence-corrected chi connectivity index (χ3v) is 4.49. The van der Waals surface area contributed by atoms with Crippen LogP contribution in [0.15, 0.2) is 29.2 Å². The zero-order chi connectivity index (χ0) is 13.0. The summed E-state index contributed by atoms with van der Waals surface area (Å²) in [7, 11) is 2.18. The standard InChI is InChI=1S/C14H20N2OS/c1-11(17)15-12-3-5-13(6-4-12)18-14-7-9-16(2)10-8-14/h3-6,14H,7-10H2,1-2H3,(H,15,17). The molecule has 1 amide bonds. The minimum absolute atomic E-state index is 0.0225. The van der Waals surface area contributed by atoms with Crippen molar-refractivity contribution in [3.63, 3.8) is 0 Å². The van der Waals surface area contributed by atoms with Gasteiger partial charge in [0, 0.05) is 22.8 Å². The van der Waals surface area contributed by atoms with E-state index in [-0.39, 0.29) is 5.91 Å². The summed E-state index contributed by atoms with van der Waals surface area (Å²) in [4.78, 5) is 14.6. The van der Waals surface area contributed by atoms with E-state index in [0.717, 1.165) is 10.9 Å². The summed E-state index contributed by atoms with van der Waals surface area (Å²) in [5.74, 6) is -0.0225. The van der Waals surface area contributed by atoms with E-state index in [1.54, 1.807) is 0 Å². The summed E-state index contributed by atoms with van der Waals surface area (Å²) < 4.78 is 0. The molecule has 98 valence electrons. The molecular formula is C14H20N2OS. The molecule has 1 saturated heterocycles. The molecule has 1 aromatic carbocycles. The number of hydrogen-bond donors (Lipinski definition) is 1. The van der Waals surface area contributed by atoms with Crippen LogP contribution in [-0.4, -0.2) is 36.2 Å². The molecular weight excluding hydrogens is 244 g/mol. The van der Waals surface area contributed by atoms with E-state index in [0.29, 0.717) is 0 Å². The second-order valence-corrected chi connectivity index (χ2v) is 6.20. The number of anilines is 1.